The smallest absolute Gasteiger partial charge is 0.265 e. The maximum absolute atomic E-state index is 12.1. The molecule has 0 saturated carbocycles. The van der Waals surface area contributed by atoms with E-state index in [1.54, 1.807) is 0 Å². The molecule has 7 nitrogen and oxygen atoms in total. The number of hydrogen-bond donors (Lipinski definition) is 1. The minimum Gasteiger partial charge on any atom is -0.268 e. The maximum Gasteiger partial charge on any atom is 0.265 e. The number of pyridine rings is 1. The van der Waals surface area contributed by atoms with Crippen LogP contribution >= 0.6 is 11.6 Å². The Kier molecular flexibility index (Phi) is 4.73. The molecule has 0 unspecified atom stereocenters. The first-order chi connectivity index (χ1) is 10.6. The molecule has 1 N–H and O–H groups in total. The van der Waals surface area contributed by atoms with Crippen molar-refractivity contribution in [3.05, 3.63) is 53.3 Å². The normalized spacial score (nSPS) is 11.9. The number of carbonyl (C=O) groups excluding carboxylic acids is 1. The summed E-state index contributed by atoms with van der Waals surface area (Å²) in [5.41, 5.74) is 0.0290. The molecule has 2 aromatic rings. The van der Waals surface area contributed by atoms with Gasteiger partial charge in [-0.1, -0.05) is 11.6 Å². The van der Waals surface area contributed by atoms with Gasteiger partial charge >= 0.3 is 0 Å². The molecule has 0 atom stereocenters. The zero-order chi connectivity index (χ0) is 17.3. The number of benzene rings is 1. The van der Waals surface area contributed by atoms with E-state index in [9.17, 15) is 21.6 Å². The Labute approximate surface area is 138 Å². The number of nitrogens with zero attached hydrogens (tertiary/aromatic N) is 1. The topological polar surface area (TPSA) is 110 Å². The van der Waals surface area contributed by atoms with Gasteiger partial charge in [-0.15, -0.1) is 0 Å². The molecule has 0 aliphatic heterocycles. The minimum atomic E-state index is -4.14. The Hall–Kier alpha value is -1.97. The molecular weight excluding hydrogens is 364 g/mol. The fourth-order valence-corrected chi connectivity index (χ4v) is 3.43. The SMILES string of the molecule is CS(=O)(=O)c1ccc(S(=O)(=O)NC(=O)c2ccnc(Cl)c2)cc1. The first kappa shape index (κ1) is 17.4. The van der Waals surface area contributed by atoms with Crippen LogP contribution < -0.4 is 4.72 Å². The molecule has 23 heavy (non-hydrogen) atoms. The van der Waals surface area contributed by atoms with Gasteiger partial charge in [-0.3, -0.25) is 4.79 Å². The van der Waals surface area contributed by atoms with Crippen molar-refractivity contribution in [1.29, 1.82) is 0 Å². The highest BCUT2D eigenvalue weighted by atomic mass is 35.5. The molecule has 0 aliphatic rings. The largest absolute Gasteiger partial charge is 0.268 e. The van der Waals surface area contributed by atoms with Crippen molar-refractivity contribution in [2.45, 2.75) is 9.79 Å². The predicted octanol–water partition coefficient (Wildman–Crippen LogP) is 1.26. The lowest BCUT2D eigenvalue weighted by Gasteiger charge is -2.07. The van der Waals surface area contributed by atoms with E-state index < -0.39 is 25.8 Å². The molecule has 0 aliphatic carbocycles. The highest BCUT2D eigenvalue weighted by Gasteiger charge is 2.19. The highest BCUT2D eigenvalue weighted by molar-refractivity contribution is 7.91. The number of hydrogen-bond acceptors (Lipinski definition) is 6. The van der Waals surface area contributed by atoms with E-state index in [1.165, 1.54) is 18.3 Å². The fraction of sp³-hybridized carbons (Fsp3) is 0.0769. The molecule has 0 radical (unpaired) electrons. The van der Waals surface area contributed by atoms with Crippen molar-refractivity contribution >= 4 is 37.4 Å². The molecular formula is C13H11ClN2O5S2. The number of aromatic nitrogens is 1. The van der Waals surface area contributed by atoms with Crippen molar-refractivity contribution in [3.63, 3.8) is 0 Å². The molecule has 122 valence electrons. The molecule has 1 aromatic carbocycles. The van der Waals surface area contributed by atoms with Crippen LogP contribution in [-0.2, 0) is 19.9 Å². The Morgan fingerprint density at radius 3 is 2.13 bits per heavy atom. The number of rotatable bonds is 4. The molecule has 0 fully saturated rings. The van der Waals surface area contributed by atoms with Crippen LogP contribution in [0.1, 0.15) is 10.4 Å². The van der Waals surface area contributed by atoms with Gasteiger partial charge in [0.05, 0.1) is 9.79 Å². The Morgan fingerprint density at radius 1 is 1.04 bits per heavy atom. The third kappa shape index (κ3) is 4.27. The predicted molar refractivity (Wildman–Crippen MR) is 83.5 cm³/mol. The summed E-state index contributed by atoms with van der Waals surface area (Å²) in [4.78, 5) is 15.4. The third-order valence-corrected chi connectivity index (χ3v) is 5.46. The van der Waals surface area contributed by atoms with Crippen molar-refractivity contribution in [1.82, 2.24) is 9.71 Å². The second-order valence-electron chi connectivity index (χ2n) is 4.55. The van der Waals surface area contributed by atoms with Gasteiger partial charge in [-0.25, -0.2) is 26.5 Å². The summed E-state index contributed by atoms with van der Waals surface area (Å²) in [6, 6.07) is 7.04. The minimum absolute atomic E-state index is 0.0244. The summed E-state index contributed by atoms with van der Waals surface area (Å²) in [6.07, 6.45) is 2.27. The van der Waals surface area contributed by atoms with E-state index in [-0.39, 0.29) is 20.5 Å². The highest BCUT2D eigenvalue weighted by Crippen LogP contribution is 2.15. The summed E-state index contributed by atoms with van der Waals surface area (Å²) in [7, 11) is -7.58. The lowest BCUT2D eigenvalue weighted by molar-refractivity contribution is 0.0981. The van der Waals surface area contributed by atoms with Gasteiger partial charge in [0.25, 0.3) is 15.9 Å². The Balaban J connectivity index is 2.27. The molecule has 1 amide bonds. The molecule has 0 spiro atoms. The van der Waals surface area contributed by atoms with Gasteiger partial charge < -0.3 is 0 Å². The van der Waals surface area contributed by atoms with Gasteiger partial charge in [-0.05, 0) is 36.4 Å². The van der Waals surface area contributed by atoms with Crippen LogP contribution in [0.25, 0.3) is 0 Å². The molecule has 1 aromatic heterocycles. The Morgan fingerprint density at radius 2 is 1.61 bits per heavy atom. The fourth-order valence-electron chi connectivity index (χ4n) is 1.65. The summed E-state index contributed by atoms with van der Waals surface area (Å²) in [5.74, 6) is -0.874. The first-order valence-corrected chi connectivity index (χ1v) is 9.84. The van der Waals surface area contributed by atoms with E-state index >= 15 is 0 Å². The maximum atomic E-state index is 12.1. The average Bonchev–Trinajstić information content (AvgIpc) is 2.46. The summed E-state index contributed by atoms with van der Waals surface area (Å²) < 4.78 is 48.8. The van der Waals surface area contributed by atoms with Crippen molar-refractivity contribution in [2.24, 2.45) is 0 Å². The van der Waals surface area contributed by atoms with Crippen LogP contribution in [0.4, 0.5) is 0 Å². The van der Waals surface area contributed by atoms with E-state index in [4.69, 9.17) is 11.6 Å². The lowest BCUT2D eigenvalue weighted by atomic mass is 10.3. The summed E-state index contributed by atoms with van der Waals surface area (Å²) in [6.45, 7) is 0. The van der Waals surface area contributed by atoms with Crippen LogP contribution in [0.5, 0.6) is 0 Å². The number of amides is 1. The van der Waals surface area contributed by atoms with Gasteiger partial charge in [-0.2, -0.15) is 0 Å². The summed E-state index contributed by atoms with van der Waals surface area (Å²) in [5, 5.41) is 0.0487. The summed E-state index contributed by atoms with van der Waals surface area (Å²) >= 11 is 5.64. The van der Waals surface area contributed by atoms with Gasteiger partial charge in [0.15, 0.2) is 9.84 Å². The van der Waals surface area contributed by atoms with Gasteiger partial charge in [0.2, 0.25) is 0 Å². The zero-order valence-corrected chi connectivity index (χ0v) is 14.1. The molecule has 0 bridgehead atoms. The van der Waals surface area contributed by atoms with E-state index in [1.807, 2.05) is 4.72 Å². The van der Waals surface area contributed by atoms with Gasteiger partial charge in [0.1, 0.15) is 5.15 Å². The van der Waals surface area contributed by atoms with E-state index in [2.05, 4.69) is 4.98 Å². The number of halogens is 1. The standard InChI is InChI=1S/C13H11ClN2O5S2/c1-22(18,19)10-2-4-11(5-3-10)23(20,21)16-13(17)9-6-7-15-12(14)8-9/h2-8H,1H3,(H,16,17). The third-order valence-electron chi connectivity index (χ3n) is 2.78. The van der Waals surface area contributed by atoms with Crippen LogP contribution in [0.15, 0.2) is 52.4 Å². The van der Waals surface area contributed by atoms with Crippen LogP contribution in [-0.4, -0.2) is 34.0 Å². The van der Waals surface area contributed by atoms with E-state index in [0.717, 1.165) is 30.5 Å². The van der Waals surface area contributed by atoms with Crippen molar-refractivity contribution in [3.8, 4) is 0 Å². The second kappa shape index (κ2) is 6.26. The number of carbonyl (C=O) groups is 1. The molecule has 2 rings (SSSR count). The van der Waals surface area contributed by atoms with Crippen LogP contribution in [0.2, 0.25) is 5.15 Å². The van der Waals surface area contributed by atoms with Crippen molar-refractivity contribution < 1.29 is 21.6 Å². The molecule has 10 heteroatoms. The van der Waals surface area contributed by atoms with Crippen LogP contribution in [0.3, 0.4) is 0 Å². The number of nitrogens with one attached hydrogen (secondary N) is 1. The van der Waals surface area contributed by atoms with E-state index in [0.29, 0.717) is 0 Å². The molecule has 0 saturated heterocycles. The second-order valence-corrected chi connectivity index (χ2v) is 8.63. The lowest BCUT2D eigenvalue weighted by Crippen LogP contribution is -2.30. The van der Waals surface area contributed by atoms with Crippen LogP contribution in [0, 0.1) is 0 Å². The Bertz CT molecular complexity index is 954. The average molecular weight is 375 g/mol. The zero-order valence-electron chi connectivity index (χ0n) is 11.7. The van der Waals surface area contributed by atoms with Gasteiger partial charge in [0, 0.05) is 18.0 Å². The quantitative estimate of drug-likeness (QED) is 0.806. The first-order valence-electron chi connectivity index (χ1n) is 6.08. The number of sulfone groups is 1. The molecule has 1 heterocycles. The monoisotopic (exact) mass is 374 g/mol. The van der Waals surface area contributed by atoms with Crippen molar-refractivity contribution in [2.75, 3.05) is 6.26 Å². The number of sulfonamides is 1.